The van der Waals surface area contributed by atoms with Crippen LogP contribution in [0.15, 0.2) is 36.5 Å². The van der Waals surface area contributed by atoms with Crippen LogP contribution in [0.25, 0.3) is 10.9 Å². The molecule has 0 radical (unpaired) electrons. The van der Waals surface area contributed by atoms with E-state index >= 15 is 0 Å². The maximum Gasteiger partial charge on any atom is 0.225 e. The lowest BCUT2D eigenvalue weighted by atomic mass is 10.1. The number of hydrogen-bond donors (Lipinski definition) is 1. The second-order valence-electron chi connectivity index (χ2n) is 6.89. The lowest BCUT2D eigenvalue weighted by molar-refractivity contribution is -0.129. The summed E-state index contributed by atoms with van der Waals surface area (Å²) < 4.78 is 2.22. The third-order valence-electron chi connectivity index (χ3n) is 5.07. The minimum atomic E-state index is -0.162. The molecule has 1 aliphatic carbocycles. The fourth-order valence-electron chi connectivity index (χ4n) is 3.59. The molecule has 24 heavy (non-hydrogen) atoms. The molecule has 1 aromatic heterocycles. The number of carbonyl (C=O) groups is 2. The number of fused-ring (bicyclic) bond motifs is 1. The lowest BCUT2D eigenvalue weighted by Gasteiger charge is -2.15. The van der Waals surface area contributed by atoms with Crippen LogP contribution in [0.1, 0.15) is 25.7 Å². The Labute approximate surface area is 141 Å². The van der Waals surface area contributed by atoms with E-state index in [0.29, 0.717) is 25.6 Å². The highest BCUT2D eigenvalue weighted by atomic mass is 16.2. The van der Waals surface area contributed by atoms with E-state index in [2.05, 4.69) is 34.3 Å². The number of aryl methyl sites for hydroxylation is 1. The number of likely N-dealkylation sites (tertiary alicyclic amines) is 1. The van der Waals surface area contributed by atoms with E-state index in [1.807, 2.05) is 17.0 Å². The van der Waals surface area contributed by atoms with Crippen molar-refractivity contribution in [2.24, 2.45) is 5.92 Å². The highest BCUT2D eigenvalue weighted by Gasteiger charge is 2.41. The van der Waals surface area contributed by atoms with Crippen molar-refractivity contribution in [3.63, 3.8) is 0 Å². The molecular formula is C19H23N3O2. The molecule has 1 aromatic carbocycles. The summed E-state index contributed by atoms with van der Waals surface area (Å²) in [6.07, 6.45) is 5.56. The Morgan fingerprint density at radius 1 is 1.21 bits per heavy atom. The molecule has 0 unspecified atom stereocenters. The Morgan fingerprint density at radius 3 is 2.88 bits per heavy atom. The van der Waals surface area contributed by atoms with Gasteiger partial charge in [-0.05, 0) is 36.8 Å². The molecule has 0 bridgehead atoms. The average molecular weight is 325 g/mol. The summed E-state index contributed by atoms with van der Waals surface area (Å²) in [4.78, 5) is 26.1. The van der Waals surface area contributed by atoms with Crippen LogP contribution >= 0.6 is 0 Å². The Morgan fingerprint density at radius 2 is 2.04 bits per heavy atom. The number of aromatic nitrogens is 1. The third kappa shape index (κ3) is 3.03. The zero-order valence-corrected chi connectivity index (χ0v) is 13.8. The number of para-hydroxylation sites is 1. The number of rotatable bonds is 6. The quantitative estimate of drug-likeness (QED) is 0.828. The molecule has 2 fully saturated rings. The van der Waals surface area contributed by atoms with Gasteiger partial charge < -0.3 is 14.8 Å². The molecule has 5 nitrogen and oxygen atoms in total. The second kappa shape index (κ2) is 6.30. The molecule has 1 aliphatic heterocycles. The van der Waals surface area contributed by atoms with E-state index in [9.17, 15) is 9.59 Å². The van der Waals surface area contributed by atoms with Crippen molar-refractivity contribution in [1.82, 2.24) is 14.8 Å². The van der Waals surface area contributed by atoms with E-state index in [1.165, 1.54) is 10.9 Å². The minimum absolute atomic E-state index is 0.0314. The van der Waals surface area contributed by atoms with Gasteiger partial charge in [0.25, 0.3) is 0 Å². The lowest BCUT2D eigenvalue weighted by Crippen LogP contribution is -2.34. The number of hydrogen-bond acceptors (Lipinski definition) is 2. The molecule has 2 aromatic rings. The molecule has 5 heteroatoms. The van der Waals surface area contributed by atoms with Gasteiger partial charge >= 0.3 is 0 Å². The van der Waals surface area contributed by atoms with Gasteiger partial charge in [-0.25, -0.2) is 0 Å². The molecule has 126 valence electrons. The summed E-state index contributed by atoms with van der Waals surface area (Å²) in [5, 5.41) is 4.25. The molecule has 4 rings (SSSR count). The Kier molecular flexibility index (Phi) is 4.00. The number of benzene rings is 1. The van der Waals surface area contributed by atoms with E-state index in [-0.39, 0.29) is 17.7 Å². The first-order valence-corrected chi connectivity index (χ1v) is 8.83. The van der Waals surface area contributed by atoms with Gasteiger partial charge in [-0.2, -0.15) is 0 Å². The topological polar surface area (TPSA) is 54.3 Å². The largest absolute Gasteiger partial charge is 0.356 e. The van der Waals surface area contributed by atoms with Crippen molar-refractivity contribution in [3.8, 4) is 0 Å². The Balaban J connectivity index is 1.24. The van der Waals surface area contributed by atoms with Gasteiger partial charge in [0.15, 0.2) is 0 Å². The predicted molar refractivity (Wildman–Crippen MR) is 92.4 cm³/mol. The fraction of sp³-hybridized carbons (Fsp3) is 0.474. The van der Waals surface area contributed by atoms with Crippen LogP contribution < -0.4 is 5.32 Å². The molecule has 2 aliphatic rings. The number of nitrogens with zero attached hydrogens (tertiary/aromatic N) is 2. The average Bonchev–Trinajstić information content (AvgIpc) is 3.24. The van der Waals surface area contributed by atoms with Crippen molar-refractivity contribution in [2.45, 2.75) is 38.3 Å². The van der Waals surface area contributed by atoms with E-state index < -0.39 is 0 Å². The van der Waals surface area contributed by atoms with Crippen LogP contribution in [0.3, 0.4) is 0 Å². The molecular weight excluding hydrogens is 302 g/mol. The van der Waals surface area contributed by atoms with Crippen LogP contribution in [0.2, 0.25) is 0 Å². The van der Waals surface area contributed by atoms with Gasteiger partial charge in [0.2, 0.25) is 11.8 Å². The fourth-order valence-corrected chi connectivity index (χ4v) is 3.59. The van der Waals surface area contributed by atoms with Gasteiger partial charge in [-0.15, -0.1) is 0 Å². The second-order valence-corrected chi connectivity index (χ2v) is 6.89. The monoisotopic (exact) mass is 325 g/mol. The predicted octanol–water partition coefficient (Wildman–Crippen LogP) is 2.16. The van der Waals surface area contributed by atoms with Crippen LogP contribution in [0, 0.1) is 5.92 Å². The molecule has 1 saturated heterocycles. The van der Waals surface area contributed by atoms with Crippen LogP contribution in [0.4, 0.5) is 0 Å². The number of nitrogens with one attached hydrogen (secondary N) is 1. The minimum Gasteiger partial charge on any atom is -0.356 e. The van der Waals surface area contributed by atoms with E-state index in [4.69, 9.17) is 0 Å². The highest BCUT2D eigenvalue weighted by Crippen LogP contribution is 2.32. The molecule has 2 heterocycles. The zero-order chi connectivity index (χ0) is 16.5. The van der Waals surface area contributed by atoms with Crippen molar-refractivity contribution < 1.29 is 9.59 Å². The number of carbonyl (C=O) groups excluding carboxylic acids is 2. The summed E-state index contributed by atoms with van der Waals surface area (Å²) in [6, 6.07) is 10.8. The summed E-state index contributed by atoms with van der Waals surface area (Å²) in [7, 11) is 0. The third-order valence-corrected chi connectivity index (χ3v) is 5.07. The van der Waals surface area contributed by atoms with Crippen molar-refractivity contribution in [3.05, 3.63) is 36.5 Å². The van der Waals surface area contributed by atoms with E-state index in [1.54, 1.807) is 0 Å². The molecule has 1 N–H and O–H groups in total. The molecule has 0 spiro atoms. The van der Waals surface area contributed by atoms with Crippen LogP contribution in [0.5, 0.6) is 0 Å². The summed E-state index contributed by atoms with van der Waals surface area (Å²) in [5.41, 5.74) is 1.23. The maximum absolute atomic E-state index is 12.3. The van der Waals surface area contributed by atoms with Crippen molar-refractivity contribution in [2.75, 3.05) is 13.1 Å². The Hall–Kier alpha value is -2.30. The molecule has 1 saturated carbocycles. The first-order chi connectivity index (χ1) is 11.7. The first-order valence-electron chi connectivity index (χ1n) is 8.83. The SMILES string of the molecule is O=C(NCCCn1ccc2ccccc21)[C@@H]1CC(=O)N(C2CC2)C1. The van der Waals surface area contributed by atoms with E-state index in [0.717, 1.165) is 25.8 Å². The summed E-state index contributed by atoms with van der Waals surface area (Å²) in [6.45, 7) is 2.14. The van der Waals surface area contributed by atoms with Gasteiger partial charge in [-0.3, -0.25) is 9.59 Å². The zero-order valence-electron chi connectivity index (χ0n) is 13.8. The summed E-state index contributed by atoms with van der Waals surface area (Å²) >= 11 is 0. The van der Waals surface area contributed by atoms with Crippen molar-refractivity contribution in [1.29, 1.82) is 0 Å². The Bertz CT molecular complexity index is 763. The highest BCUT2D eigenvalue weighted by molar-refractivity contribution is 5.89. The molecule has 2 amide bonds. The standard InChI is InChI=1S/C19H23N3O2/c23-18-12-15(13-22(18)16-6-7-16)19(24)20-9-3-10-21-11-8-14-4-1-2-5-17(14)21/h1-2,4-5,8,11,15-16H,3,6-7,9-10,12-13H2,(H,20,24)/t15-/m1/s1. The van der Waals surface area contributed by atoms with Gasteiger partial charge in [-0.1, -0.05) is 18.2 Å². The first kappa shape index (κ1) is 15.2. The normalized spacial score (nSPS) is 20.8. The smallest absolute Gasteiger partial charge is 0.225 e. The van der Waals surface area contributed by atoms with Gasteiger partial charge in [0.1, 0.15) is 0 Å². The molecule has 1 atom stereocenters. The maximum atomic E-state index is 12.3. The summed E-state index contributed by atoms with van der Waals surface area (Å²) in [5.74, 6) is 0.0193. The van der Waals surface area contributed by atoms with Crippen LogP contribution in [-0.2, 0) is 16.1 Å². The van der Waals surface area contributed by atoms with Gasteiger partial charge in [0.05, 0.1) is 5.92 Å². The number of amides is 2. The van der Waals surface area contributed by atoms with Crippen LogP contribution in [-0.4, -0.2) is 40.4 Å². The van der Waals surface area contributed by atoms with Gasteiger partial charge in [0, 0.05) is 43.8 Å². The van der Waals surface area contributed by atoms with Crippen molar-refractivity contribution >= 4 is 22.7 Å².